The maximum Gasteiger partial charge on any atom is 0.251 e. The normalized spacial score (nSPS) is 15.5. The standard InChI is InChI=1S/C11H12NO/c1-8-3-2-4-9(7-8)11(13)12-10-5-6-10/h2-4,7,10H,1,5-6H2,(H,12,13). The van der Waals surface area contributed by atoms with Crippen molar-refractivity contribution in [2.45, 2.75) is 18.9 Å². The van der Waals surface area contributed by atoms with Crippen molar-refractivity contribution in [1.29, 1.82) is 0 Å². The maximum atomic E-state index is 11.5. The number of rotatable bonds is 2. The number of amides is 1. The predicted molar refractivity (Wildman–Crippen MR) is 51.4 cm³/mol. The fourth-order valence-electron chi connectivity index (χ4n) is 1.21. The molecule has 2 nitrogen and oxygen atoms in total. The third-order valence-corrected chi connectivity index (χ3v) is 2.10. The van der Waals surface area contributed by atoms with Gasteiger partial charge in [0.05, 0.1) is 0 Å². The summed E-state index contributed by atoms with van der Waals surface area (Å²) >= 11 is 0. The number of nitrogens with one attached hydrogen (secondary N) is 1. The highest BCUT2D eigenvalue weighted by Gasteiger charge is 2.23. The van der Waals surface area contributed by atoms with Crippen LogP contribution in [0.15, 0.2) is 24.3 Å². The van der Waals surface area contributed by atoms with Gasteiger partial charge in [-0.3, -0.25) is 4.79 Å². The molecule has 0 unspecified atom stereocenters. The summed E-state index contributed by atoms with van der Waals surface area (Å²) in [5, 5.41) is 2.93. The summed E-state index contributed by atoms with van der Waals surface area (Å²) < 4.78 is 0. The average Bonchev–Trinajstić information content (AvgIpc) is 2.88. The Morgan fingerprint density at radius 2 is 2.23 bits per heavy atom. The topological polar surface area (TPSA) is 29.1 Å². The van der Waals surface area contributed by atoms with Crippen LogP contribution in [0.2, 0.25) is 0 Å². The molecule has 67 valence electrons. The molecule has 0 aliphatic heterocycles. The SMILES string of the molecule is [CH2]c1cccc(C(=O)NC2CC2)c1. The average molecular weight is 174 g/mol. The van der Waals surface area contributed by atoms with E-state index in [4.69, 9.17) is 0 Å². The molecule has 13 heavy (non-hydrogen) atoms. The minimum absolute atomic E-state index is 0.0213. The van der Waals surface area contributed by atoms with Gasteiger partial charge in [-0.05, 0) is 37.5 Å². The van der Waals surface area contributed by atoms with Crippen molar-refractivity contribution in [3.8, 4) is 0 Å². The molecule has 0 spiro atoms. The number of hydrogen-bond acceptors (Lipinski definition) is 1. The number of hydrogen-bond donors (Lipinski definition) is 1. The highest BCUT2D eigenvalue weighted by atomic mass is 16.1. The first-order valence-electron chi connectivity index (χ1n) is 4.48. The van der Waals surface area contributed by atoms with Gasteiger partial charge in [0.2, 0.25) is 0 Å². The van der Waals surface area contributed by atoms with E-state index in [1.54, 1.807) is 6.07 Å². The van der Waals surface area contributed by atoms with Crippen molar-refractivity contribution >= 4 is 5.91 Å². The van der Waals surface area contributed by atoms with Crippen molar-refractivity contribution in [3.05, 3.63) is 42.3 Å². The van der Waals surface area contributed by atoms with Gasteiger partial charge in [0, 0.05) is 11.6 Å². The van der Waals surface area contributed by atoms with E-state index >= 15 is 0 Å². The summed E-state index contributed by atoms with van der Waals surface area (Å²) in [4.78, 5) is 11.5. The van der Waals surface area contributed by atoms with Crippen LogP contribution in [0.1, 0.15) is 28.8 Å². The molecule has 1 aromatic carbocycles. The molecule has 0 heterocycles. The van der Waals surface area contributed by atoms with Crippen molar-refractivity contribution < 1.29 is 4.79 Å². The molecule has 0 aromatic heterocycles. The minimum atomic E-state index is 0.0213. The molecule has 1 amide bonds. The lowest BCUT2D eigenvalue weighted by Gasteiger charge is -2.03. The van der Waals surface area contributed by atoms with Gasteiger partial charge in [0.1, 0.15) is 0 Å². The lowest BCUT2D eigenvalue weighted by Crippen LogP contribution is -2.25. The molecule has 0 saturated heterocycles. The molecular formula is C11H12NO. The molecule has 0 bridgehead atoms. The third kappa shape index (κ3) is 2.08. The van der Waals surface area contributed by atoms with E-state index in [2.05, 4.69) is 12.2 Å². The Balaban J connectivity index is 2.09. The molecule has 1 N–H and O–H groups in total. The monoisotopic (exact) mass is 174 g/mol. The number of carbonyl (C=O) groups excluding carboxylic acids is 1. The fraction of sp³-hybridized carbons (Fsp3) is 0.273. The maximum absolute atomic E-state index is 11.5. The molecular weight excluding hydrogens is 162 g/mol. The third-order valence-electron chi connectivity index (χ3n) is 2.10. The summed E-state index contributed by atoms with van der Waals surface area (Å²) in [7, 11) is 0. The largest absolute Gasteiger partial charge is 0.349 e. The molecule has 1 radical (unpaired) electrons. The van der Waals surface area contributed by atoms with E-state index in [-0.39, 0.29) is 5.91 Å². The Kier molecular flexibility index (Phi) is 2.05. The summed E-state index contributed by atoms with van der Waals surface area (Å²) in [5.41, 5.74) is 1.59. The van der Waals surface area contributed by atoms with Crippen LogP contribution in [-0.4, -0.2) is 11.9 Å². The molecule has 0 atom stereocenters. The van der Waals surface area contributed by atoms with E-state index in [1.165, 1.54) is 0 Å². The van der Waals surface area contributed by atoms with Gasteiger partial charge in [0.25, 0.3) is 5.91 Å². The van der Waals surface area contributed by atoms with Gasteiger partial charge in [-0.1, -0.05) is 12.1 Å². The molecule has 1 aliphatic carbocycles. The van der Waals surface area contributed by atoms with Gasteiger partial charge in [-0.25, -0.2) is 0 Å². The Labute approximate surface area is 78.0 Å². The first kappa shape index (κ1) is 8.30. The van der Waals surface area contributed by atoms with Gasteiger partial charge in [-0.2, -0.15) is 0 Å². The highest BCUT2D eigenvalue weighted by molar-refractivity contribution is 5.94. The zero-order chi connectivity index (χ0) is 9.26. The van der Waals surface area contributed by atoms with Gasteiger partial charge >= 0.3 is 0 Å². The molecule has 1 saturated carbocycles. The molecule has 1 fully saturated rings. The predicted octanol–water partition coefficient (Wildman–Crippen LogP) is 1.76. The zero-order valence-corrected chi connectivity index (χ0v) is 7.42. The summed E-state index contributed by atoms with van der Waals surface area (Å²) in [5.74, 6) is 0.0213. The first-order chi connectivity index (χ1) is 6.25. The minimum Gasteiger partial charge on any atom is -0.349 e. The number of benzene rings is 1. The van der Waals surface area contributed by atoms with Crippen molar-refractivity contribution in [2.75, 3.05) is 0 Å². The quantitative estimate of drug-likeness (QED) is 0.727. The Morgan fingerprint density at radius 3 is 2.85 bits per heavy atom. The first-order valence-corrected chi connectivity index (χ1v) is 4.48. The summed E-state index contributed by atoms with van der Waals surface area (Å²) in [6.45, 7) is 3.78. The van der Waals surface area contributed by atoms with Crippen LogP contribution < -0.4 is 5.32 Å². The van der Waals surface area contributed by atoms with Crippen LogP contribution in [0.25, 0.3) is 0 Å². The molecule has 2 heteroatoms. The molecule has 1 aromatic rings. The lowest BCUT2D eigenvalue weighted by molar-refractivity contribution is 0.0951. The molecule has 2 rings (SSSR count). The van der Waals surface area contributed by atoms with Crippen LogP contribution >= 0.6 is 0 Å². The van der Waals surface area contributed by atoms with Crippen molar-refractivity contribution in [3.63, 3.8) is 0 Å². The Morgan fingerprint density at radius 1 is 1.46 bits per heavy atom. The van der Waals surface area contributed by atoms with Crippen LogP contribution in [-0.2, 0) is 0 Å². The van der Waals surface area contributed by atoms with Crippen LogP contribution in [0.3, 0.4) is 0 Å². The van der Waals surface area contributed by atoms with Crippen molar-refractivity contribution in [2.24, 2.45) is 0 Å². The van der Waals surface area contributed by atoms with Gasteiger partial charge < -0.3 is 5.32 Å². The van der Waals surface area contributed by atoms with E-state index in [0.717, 1.165) is 18.4 Å². The van der Waals surface area contributed by atoms with Crippen LogP contribution in [0.5, 0.6) is 0 Å². The smallest absolute Gasteiger partial charge is 0.251 e. The molecule has 1 aliphatic rings. The second-order valence-electron chi connectivity index (χ2n) is 3.45. The highest BCUT2D eigenvalue weighted by Crippen LogP contribution is 2.19. The van der Waals surface area contributed by atoms with E-state index in [0.29, 0.717) is 11.6 Å². The van der Waals surface area contributed by atoms with E-state index in [1.807, 2.05) is 18.2 Å². The van der Waals surface area contributed by atoms with Crippen molar-refractivity contribution in [1.82, 2.24) is 5.32 Å². The van der Waals surface area contributed by atoms with E-state index < -0.39 is 0 Å². The number of carbonyl (C=O) groups is 1. The van der Waals surface area contributed by atoms with Gasteiger partial charge in [0.15, 0.2) is 0 Å². The fourth-order valence-corrected chi connectivity index (χ4v) is 1.21. The second-order valence-corrected chi connectivity index (χ2v) is 3.45. The lowest BCUT2D eigenvalue weighted by atomic mass is 10.1. The second kappa shape index (κ2) is 3.21. The summed E-state index contributed by atoms with van der Waals surface area (Å²) in [6, 6.07) is 7.77. The van der Waals surface area contributed by atoms with Crippen LogP contribution in [0.4, 0.5) is 0 Å². The summed E-state index contributed by atoms with van der Waals surface area (Å²) in [6.07, 6.45) is 2.24. The Hall–Kier alpha value is -1.31. The van der Waals surface area contributed by atoms with Crippen LogP contribution in [0, 0.1) is 6.92 Å². The van der Waals surface area contributed by atoms with E-state index in [9.17, 15) is 4.79 Å². The Bertz CT molecular complexity index is 329. The van der Waals surface area contributed by atoms with Gasteiger partial charge in [-0.15, -0.1) is 0 Å². The zero-order valence-electron chi connectivity index (χ0n) is 7.42.